The van der Waals surface area contributed by atoms with Gasteiger partial charge in [-0.1, -0.05) is 11.8 Å². The first-order valence-corrected chi connectivity index (χ1v) is 11.1. The van der Waals surface area contributed by atoms with Gasteiger partial charge in [-0.25, -0.2) is 4.99 Å². The Labute approximate surface area is 184 Å². The normalized spacial score (nSPS) is 19.6. The third-order valence-electron chi connectivity index (χ3n) is 4.91. The highest BCUT2D eigenvalue weighted by Gasteiger charge is 2.38. The molecule has 4 rings (SSSR count). The molecule has 2 aliphatic rings. The van der Waals surface area contributed by atoms with E-state index in [1.807, 2.05) is 37.1 Å². The fourth-order valence-corrected chi connectivity index (χ4v) is 5.62. The molecular formula is C22H21N3O3S2. The van der Waals surface area contributed by atoms with Gasteiger partial charge < -0.3 is 9.64 Å². The van der Waals surface area contributed by atoms with E-state index in [9.17, 15) is 9.59 Å². The minimum atomic E-state index is -0.0456. The molecule has 0 spiro atoms. The maximum Gasteiger partial charge on any atom is 0.269 e. The van der Waals surface area contributed by atoms with Crippen LogP contribution in [0, 0.1) is 0 Å². The molecule has 30 heavy (non-hydrogen) atoms. The number of hydrogen-bond acceptors (Lipinski definition) is 7. The number of amidine groups is 1. The summed E-state index contributed by atoms with van der Waals surface area (Å²) >= 11 is 2.96. The highest BCUT2D eigenvalue weighted by Crippen LogP contribution is 2.51. The van der Waals surface area contributed by atoms with Crippen molar-refractivity contribution in [2.45, 2.75) is 18.7 Å². The number of methoxy groups -OCH3 is 1. The number of aliphatic imine (C=N–C) groups is 1. The number of hydrogen-bond donors (Lipinski definition) is 0. The van der Waals surface area contributed by atoms with Crippen LogP contribution in [-0.4, -0.2) is 42.5 Å². The molecule has 0 unspecified atom stereocenters. The van der Waals surface area contributed by atoms with Crippen molar-refractivity contribution in [3.05, 3.63) is 58.0 Å². The van der Waals surface area contributed by atoms with Gasteiger partial charge in [0.1, 0.15) is 10.7 Å². The number of fused-ring (bicyclic) bond motifs is 1. The molecule has 0 bridgehead atoms. The lowest BCUT2D eigenvalue weighted by molar-refractivity contribution is -0.122. The summed E-state index contributed by atoms with van der Waals surface area (Å²) in [6, 6.07) is 13.0. The molecule has 0 radical (unpaired) electrons. The summed E-state index contributed by atoms with van der Waals surface area (Å²) < 4.78 is 5.34. The van der Waals surface area contributed by atoms with Crippen LogP contribution in [0.25, 0.3) is 0 Å². The smallest absolute Gasteiger partial charge is 0.269 e. The molecule has 0 atom stereocenters. The lowest BCUT2D eigenvalue weighted by Gasteiger charge is -2.15. The van der Waals surface area contributed by atoms with Crippen LogP contribution in [0.15, 0.2) is 62.3 Å². The molecule has 6 nitrogen and oxygen atoms in total. The topological polar surface area (TPSA) is 62.2 Å². The summed E-state index contributed by atoms with van der Waals surface area (Å²) in [7, 11) is 3.60. The van der Waals surface area contributed by atoms with E-state index in [0.717, 1.165) is 21.4 Å². The summed E-state index contributed by atoms with van der Waals surface area (Å²) in [4.78, 5) is 34.8. The van der Waals surface area contributed by atoms with Crippen molar-refractivity contribution in [3.8, 4) is 5.75 Å². The predicted octanol–water partition coefficient (Wildman–Crippen LogP) is 4.89. The van der Waals surface area contributed by atoms with Crippen molar-refractivity contribution in [1.29, 1.82) is 0 Å². The third kappa shape index (κ3) is 3.61. The van der Waals surface area contributed by atoms with Crippen LogP contribution >= 0.6 is 23.5 Å². The number of ketones is 1. The van der Waals surface area contributed by atoms with Crippen LogP contribution in [-0.2, 0) is 4.79 Å². The molecule has 154 valence electrons. The van der Waals surface area contributed by atoms with E-state index in [1.165, 1.54) is 18.7 Å². The molecule has 1 fully saturated rings. The second-order valence-corrected chi connectivity index (χ2v) is 8.79. The van der Waals surface area contributed by atoms with E-state index in [1.54, 1.807) is 48.0 Å². The summed E-state index contributed by atoms with van der Waals surface area (Å²) in [5.74, 6) is 0.749. The molecule has 1 saturated heterocycles. The van der Waals surface area contributed by atoms with Gasteiger partial charge in [0.25, 0.3) is 5.91 Å². The predicted molar refractivity (Wildman–Crippen MR) is 123 cm³/mol. The van der Waals surface area contributed by atoms with E-state index in [4.69, 9.17) is 4.74 Å². The largest absolute Gasteiger partial charge is 0.497 e. The maximum atomic E-state index is 13.1. The van der Waals surface area contributed by atoms with E-state index >= 15 is 0 Å². The van der Waals surface area contributed by atoms with E-state index in [0.29, 0.717) is 27.9 Å². The lowest BCUT2D eigenvalue weighted by atomic mass is 10.1. The highest BCUT2D eigenvalue weighted by atomic mass is 32.2. The number of thioether (sulfide) groups is 2. The number of Topliss-reactive ketones (excluding diaryl/α,β-unsaturated/α-hetero) is 1. The van der Waals surface area contributed by atoms with Gasteiger partial charge in [-0.2, -0.15) is 0 Å². The van der Waals surface area contributed by atoms with Gasteiger partial charge in [-0.05, 0) is 62.0 Å². The Morgan fingerprint density at radius 1 is 1.13 bits per heavy atom. The second kappa shape index (κ2) is 8.20. The Hall–Kier alpha value is -2.71. The van der Waals surface area contributed by atoms with Crippen LogP contribution in [0.5, 0.6) is 5.75 Å². The zero-order valence-corrected chi connectivity index (χ0v) is 18.8. The van der Waals surface area contributed by atoms with Gasteiger partial charge in [0, 0.05) is 30.1 Å². The summed E-state index contributed by atoms with van der Waals surface area (Å²) in [6.07, 6.45) is 0. The summed E-state index contributed by atoms with van der Waals surface area (Å²) in [5, 5.41) is 1.53. The summed E-state index contributed by atoms with van der Waals surface area (Å²) in [6.45, 7) is 4.00. The number of likely N-dealkylation sites (N-methyl/N-ethyl adjacent to an activating group) is 1. The number of amides is 1. The standard InChI is InChI=1S/C22H21N3O3S2/c1-5-25-20(27)19(21-24(3)17-12-16(28-4)10-11-18(17)29-21)30-22(25)23-15-8-6-14(7-9-15)13(2)26/h6-12H,5H2,1-4H3. The molecule has 1 amide bonds. The van der Waals surface area contributed by atoms with Crippen LogP contribution in [0.2, 0.25) is 0 Å². The van der Waals surface area contributed by atoms with E-state index < -0.39 is 0 Å². The van der Waals surface area contributed by atoms with E-state index in [-0.39, 0.29) is 11.7 Å². The fourth-order valence-electron chi connectivity index (χ4n) is 3.23. The molecule has 2 heterocycles. The number of carbonyl (C=O) groups is 2. The highest BCUT2D eigenvalue weighted by molar-refractivity contribution is 8.19. The van der Waals surface area contributed by atoms with Crippen molar-refractivity contribution in [3.63, 3.8) is 0 Å². The quantitative estimate of drug-likeness (QED) is 0.499. The van der Waals surface area contributed by atoms with E-state index in [2.05, 4.69) is 4.99 Å². The van der Waals surface area contributed by atoms with Crippen molar-refractivity contribution in [1.82, 2.24) is 4.90 Å². The van der Waals surface area contributed by atoms with Crippen molar-refractivity contribution in [2.24, 2.45) is 4.99 Å². The number of nitrogens with zero attached hydrogens (tertiary/aromatic N) is 3. The first kappa shape index (κ1) is 20.6. The average molecular weight is 440 g/mol. The number of anilines is 1. The first-order valence-electron chi connectivity index (χ1n) is 9.46. The van der Waals surface area contributed by atoms with Crippen molar-refractivity contribution in [2.75, 3.05) is 25.6 Å². The average Bonchev–Trinajstić information content (AvgIpc) is 3.24. The monoisotopic (exact) mass is 439 g/mol. The van der Waals surface area contributed by atoms with Gasteiger partial charge in [0.2, 0.25) is 0 Å². The molecule has 0 saturated carbocycles. The SMILES string of the molecule is CCN1C(=O)C(=C2Sc3ccc(OC)cc3N2C)SC1=Nc1ccc(C(C)=O)cc1. The van der Waals surface area contributed by atoms with Crippen molar-refractivity contribution >= 4 is 51.8 Å². The minimum absolute atomic E-state index is 0.0133. The number of rotatable bonds is 4. The van der Waals surface area contributed by atoms with Gasteiger partial charge in [0.05, 0.1) is 23.5 Å². The Morgan fingerprint density at radius 3 is 2.50 bits per heavy atom. The first-order chi connectivity index (χ1) is 14.4. The van der Waals surface area contributed by atoms with Gasteiger partial charge in [-0.3, -0.25) is 14.5 Å². The summed E-state index contributed by atoms with van der Waals surface area (Å²) in [5.41, 5.74) is 2.37. The Balaban J connectivity index is 1.68. The van der Waals surface area contributed by atoms with Crippen LogP contribution in [0.3, 0.4) is 0 Å². The fraction of sp³-hybridized carbons (Fsp3) is 0.227. The molecular weight excluding hydrogens is 418 g/mol. The molecule has 0 aliphatic carbocycles. The Bertz CT molecular complexity index is 1090. The molecule has 0 aromatic heterocycles. The van der Waals surface area contributed by atoms with Crippen molar-refractivity contribution < 1.29 is 14.3 Å². The zero-order chi connectivity index (χ0) is 21.4. The Morgan fingerprint density at radius 2 is 1.87 bits per heavy atom. The minimum Gasteiger partial charge on any atom is -0.497 e. The maximum absolute atomic E-state index is 13.1. The Kier molecular flexibility index (Phi) is 5.62. The molecule has 2 aromatic rings. The molecule has 8 heteroatoms. The number of ether oxygens (including phenoxy) is 1. The van der Waals surface area contributed by atoms with Gasteiger partial charge in [0.15, 0.2) is 11.0 Å². The van der Waals surface area contributed by atoms with Crippen LogP contribution in [0.4, 0.5) is 11.4 Å². The van der Waals surface area contributed by atoms with Crippen LogP contribution in [0.1, 0.15) is 24.2 Å². The lowest BCUT2D eigenvalue weighted by Crippen LogP contribution is -2.29. The van der Waals surface area contributed by atoms with Gasteiger partial charge in [-0.15, -0.1) is 0 Å². The number of carbonyl (C=O) groups excluding carboxylic acids is 2. The molecule has 2 aliphatic heterocycles. The zero-order valence-electron chi connectivity index (χ0n) is 17.1. The number of benzene rings is 2. The molecule has 0 N–H and O–H groups in total. The van der Waals surface area contributed by atoms with Crippen LogP contribution < -0.4 is 9.64 Å². The third-order valence-corrected chi connectivity index (χ3v) is 7.34. The molecule has 2 aromatic carbocycles. The second-order valence-electron chi connectivity index (χ2n) is 6.78. The van der Waals surface area contributed by atoms with Gasteiger partial charge >= 0.3 is 0 Å².